The van der Waals surface area contributed by atoms with E-state index >= 15 is 0 Å². The molecule has 0 saturated heterocycles. The van der Waals surface area contributed by atoms with Crippen LogP contribution in [0.1, 0.15) is 56.0 Å². The summed E-state index contributed by atoms with van der Waals surface area (Å²) in [5, 5.41) is -1.30. The number of fused-ring (bicyclic) bond motifs is 1. The first-order valence-corrected chi connectivity index (χ1v) is 13.8. The molecule has 1 aromatic heterocycles. The number of hydrogen-bond donors (Lipinski definition) is 0. The van der Waals surface area contributed by atoms with Gasteiger partial charge >= 0.3 is 0 Å². The highest BCUT2D eigenvalue weighted by Crippen LogP contribution is 2.49. The van der Waals surface area contributed by atoms with Crippen LogP contribution < -0.4 is 4.74 Å². The Balaban J connectivity index is 1.70. The van der Waals surface area contributed by atoms with Crippen LogP contribution in [0, 0.1) is 5.82 Å². The smallest absolute Gasteiger partial charge is 0.238 e. The Morgan fingerprint density at radius 2 is 1.92 bits per heavy atom. The molecule has 3 aromatic rings. The maximum atomic E-state index is 14.6. The van der Waals surface area contributed by atoms with Gasteiger partial charge in [-0.3, -0.25) is 9.78 Å². The number of pyridine rings is 1. The quantitative estimate of drug-likeness (QED) is 0.254. The summed E-state index contributed by atoms with van der Waals surface area (Å²) in [6.07, 6.45) is 7.25. The fourth-order valence-corrected chi connectivity index (χ4v) is 6.71. The van der Waals surface area contributed by atoms with Crippen molar-refractivity contribution in [2.24, 2.45) is 0 Å². The van der Waals surface area contributed by atoms with Crippen molar-refractivity contribution < 1.29 is 13.9 Å². The summed E-state index contributed by atoms with van der Waals surface area (Å²) in [6, 6.07) is 14.9. The number of ether oxygens (including phenoxy) is 1. The number of carbonyl (C=O) groups excluding carboxylic acids is 1. The third kappa shape index (κ3) is 5.55. The SMILES string of the molecule is CCCC(CCC)N(Cc1cc(-c2cccnc2)ccc1OC)C(=O)C1Sc2cccc(F)c2C1Cl. The second-order valence-electron chi connectivity index (χ2n) is 9.06. The Labute approximate surface area is 222 Å². The van der Waals surface area contributed by atoms with Gasteiger partial charge in [0.25, 0.3) is 0 Å². The van der Waals surface area contributed by atoms with Crippen LogP contribution in [0.15, 0.2) is 65.8 Å². The molecule has 1 amide bonds. The molecular formula is C29H32ClFN2O2S. The van der Waals surface area contributed by atoms with Gasteiger partial charge in [-0.05, 0) is 48.7 Å². The molecule has 0 spiro atoms. The van der Waals surface area contributed by atoms with E-state index in [0.29, 0.717) is 12.1 Å². The van der Waals surface area contributed by atoms with Crippen LogP contribution in [0.4, 0.5) is 4.39 Å². The standard InChI is InChI=1S/C29H32ClFN2O2S/c1-4-8-22(9-5-2)33(29(34)28-27(30)26-23(31)11-6-12-25(26)36-28)18-21-16-19(13-14-24(21)35-3)20-10-7-15-32-17-20/h6-7,10-17,22,27-28H,4-5,8-9,18H2,1-3H3. The number of methoxy groups -OCH3 is 1. The topological polar surface area (TPSA) is 42.4 Å². The summed E-state index contributed by atoms with van der Waals surface area (Å²) in [5.41, 5.74) is 3.35. The van der Waals surface area contributed by atoms with Gasteiger partial charge in [0.15, 0.2) is 0 Å². The van der Waals surface area contributed by atoms with E-state index in [4.69, 9.17) is 16.3 Å². The molecule has 36 heavy (non-hydrogen) atoms. The molecule has 0 aliphatic carbocycles. The Bertz CT molecular complexity index is 1190. The van der Waals surface area contributed by atoms with Crippen molar-refractivity contribution in [1.29, 1.82) is 0 Å². The normalized spacial score (nSPS) is 16.7. The molecular weight excluding hydrogens is 495 g/mol. The number of carbonyl (C=O) groups is 1. The van der Waals surface area contributed by atoms with Crippen LogP contribution >= 0.6 is 23.4 Å². The highest BCUT2D eigenvalue weighted by molar-refractivity contribution is 8.01. The van der Waals surface area contributed by atoms with Gasteiger partial charge < -0.3 is 9.64 Å². The zero-order valence-corrected chi connectivity index (χ0v) is 22.5. The minimum absolute atomic E-state index is 0.0530. The Morgan fingerprint density at radius 3 is 2.56 bits per heavy atom. The number of benzene rings is 2. The molecule has 0 fully saturated rings. The number of hydrogen-bond acceptors (Lipinski definition) is 4. The molecule has 190 valence electrons. The van der Waals surface area contributed by atoms with Gasteiger partial charge in [-0.1, -0.05) is 44.9 Å². The van der Waals surface area contributed by atoms with E-state index in [-0.39, 0.29) is 17.8 Å². The van der Waals surface area contributed by atoms with Crippen molar-refractivity contribution in [2.45, 2.75) is 67.6 Å². The first-order valence-electron chi connectivity index (χ1n) is 12.4. The molecule has 0 bridgehead atoms. The molecule has 2 unspecified atom stereocenters. The molecule has 1 aliphatic heterocycles. The van der Waals surface area contributed by atoms with Crippen molar-refractivity contribution in [2.75, 3.05) is 7.11 Å². The molecule has 0 radical (unpaired) electrons. The fourth-order valence-electron chi connectivity index (χ4n) is 4.88. The second-order valence-corrected chi connectivity index (χ2v) is 10.7. The predicted octanol–water partition coefficient (Wildman–Crippen LogP) is 7.65. The lowest BCUT2D eigenvalue weighted by molar-refractivity contribution is -0.134. The van der Waals surface area contributed by atoms with Gasteiger partial charge in [-0.15, -0.1) is 23.4 Å². The zero-order chi connectivity index (χ0) is 25.7. The molecule has 7 heteroatoms. The van der Waals surface area contributed by atoms with Crippen molar-refractivity contribution in [3.8, 4) is 16.9 Å². The Hall–Kier alpha value is -2.57. The number of halogens is 2. The van der Waals surface area contributed by atoms with Gasteiger partial charge in [0, 0.05) is 46.6 Å². The number of amides is 1. The van der Waals surface area contributed by atoms with E-state index in [1.165, 1.54) is 17.8 Å². The van der Waals surface area contributed by atoms with E-state index in [0.717, 1.165) is 53.0 Å². The lowest BCUT2D eigenvalue weighted by Crippen LogP contribution is -2.44. The van der Waals surface area contributed by atoms with E-state index < -0.39 is 10.6 Å². The van der Waals surface area contributed by atoms with Crippen LogP contribution in [-0.4, -0.2) is 34.2 Å². The summed E-state index contributed by atoms with van der Waals surface area (Å²) in [7, 11) is 1.64. The van der Waals surface area contributed by atoms with E-state index in [2.05, 4.69) is 24.9 Å². The number of aromatic nitrogens is 1. The maximum absolute atomic E-state index is 14.6. The predicted molar refractivity (Wildman–Crippen MR) is 145 cm³/mol. The van der Waals surface area contributed by atoms with Crippen LogP contribution in [0.3, 0.4) is 0 Å². The van der Waals surface area contributed by atoms with Crippen molar-refractivity contribution in [3.05, 3.63) is 77.9 Å². The zero-order valence-electron chi connectivity index (χ0n) is 20.9. The lowest BCUT2D eigenvalue weighted by Gasteiger charge is -2.35. The Morgan fingerprint density at radius 1 is 1.14 bits per heavy atom. The van der Waals surface area contributed by atoms with Gasteiger partial charge in [-0.25, -0.2) is 4.39 Å². The minimum Gasteiger partial charge on any atom is -0.496 e. The van der Waals surface area contributed by atoms with Crippen LogP contribution in [0.5, 0.6) is 5.75 Å². The average molecular weight is 527 g/mol. The summed E-state index contributed by atoms with van der Waals surface area (Å²) >= 11 is 8.10. The number of thioether (sulfide) groups is 1. The van der Waals surface area contributed by atoms with E-state index in [1.54, 1.807) is 19.4 Å². The van der Waals surface area contributed by atoms with Crippen molar-refractivity contribution in [3.63, 3.8) is 0 Å². The number of rotatable bonds is 10. The Kier molecular flexibility index (Phi) is 8.91. The second kappa shape index (κ2) is 12.1. The molecule has 0 N–H and O–H groups in total. The monoisotopic (exact) mass is 526 g/mol. The fraction of sp³-hybridized carbons (Fsp3) is 0.379. The lowest BCUT2D eigenvalue weighted by atomic mass is 9.99. The number of nitrogens with zero attached hydrogens (tertiary/aromatic N) is 2. The summed E-state index contributed by atoms with van der Waals surface area (Å²) in [6.45, 7) is 4.66. The summed E-state index contributed by atoms with van der Waals surface area (Å²) in [4.78, 5) is 21.1. The van der Waals surface area contributed by atoms with Crippen LogP contribution in [0.25, 0.3) is 11.1 Å². The highest BCUT2D eigenvalue weighted by atomic mass is 35.5. The third-order valence-electron chi connectivity index (χ3n) is 6.64. The third-order valence-corrected chi connectivity index (χ3v) is 8.59. The van der Waals surface area contributed by atoms with Crippen molar-refractivity contribution in [1.82, 2.24) is 9.88 Å². The molecule has 4 rings (SSSR count). The summed E-state index contributed by atoms with van der Waals surface area (Å²) in [5.74, 6) is 0.311. The maximum Gasteiger partial charge on any atom is 0.238 e. The molecule has 2 aromatic carbocycles. The van der Waals surface area contributed by atoms with Gasteiger partial charge in [0.1, 0.15) is 16.8 Å². The van der Waals surface area contributed by atoms with Gasteiger partial charge in [-0.2, -0.15) is 0 Å². The molecule has 1 aliphatic rings. The minimum atomic E-state index is -0.714. The van der Waals surface area contributed by atoms with Crippen LogP contribution in [-0.2, 0) is 11.3 Å². The molecule has 2 heterocycles. The van der Waals surface area contributed by atoms with E-state index in [1.807, 2.05) is 41.4 Å². The van der Waals surface area contributed by atoms with Gasteiger partial charge in [0.05, 0.1) is 12.5 Å². The molecule has 0 saturated carbocycles. The summed E-state index contributed by atoms with van der Waals surface area (Å²) < 4.78 is 20.3. The first-order chi connectivity index (χ1) is 17.5. The van der Waals surface area contributed by atoms with Gasteiger partial charge in [0.2, 0.25) is 5.91 Å². The average Bonchev–Trinajstić information content (AvgIpc) is 3.24. The highest BCUT2D eigenvalue weighted by Gasteiger charge is 2.42. The first kappa shape index (κ1) is 26.5. The van der Waals surface area contributed by atoms with E-state index in [9.17, 15) is 9.18 Å². The number of alkyl halides is 1. The van der Waals surface area contributed by atoms with Crippen molar-refractivity contribution >= 4 is 29.3 Å². The molecule has 2 atom stereocenters. The largest absolute Gasteiger partial charge is 0.496 e. The van der Waals surface area contributed by atoms with Crippen LogP contribution in [0.2, 0.25) is 0 Å². The molecule has 4 nitrogen and oxygen atoms in total.